The largest absolute Gasteiger partial charge is 0.465 e. The van der Waals surface area contributed by atoms with Crippen LogP contribution in [-0.2, 0) is 9.47 Å². The molecule has 1 aromatic rings. The molecular weight excluding hydrogens is 232 g/mol. The molecule has 0 aliphatic carbocycles. The molecular formula is C14H18O4. The minimum absolute atomic E-state index is 0.250. The average molecular weight is 250 g/mol. The quantitative estimate of drug-likeness (QED) is 0.771. The Bertz CT molecular complexity index is 449. The number of methoxy groups -OCH3 is 1. The first kappa shape index (κ1) is 14.2. The number of rotatable bonds is 4. The smallest absolute Gasteiger partial charge is 0.339 e. The van der Waals surface area contributed by atoms with Crippen LogP contribution in [0.5, 0.6) is 0 Å². The van der Waals surface area contributed by atoms with E-state index in [0.717, 1.165) is 0 Å². The summed E-state index contributed by atoms with van der Waals surface area (Å²) in [5.74, 6) is -0.766. The zero-order valence-corrected chi connectivity index (χ0v) is 11.1. The summed E-state index contributed by atoms with van der Waals surface area (Å²) in [6.07, 6.45) is 0. The molecule has 0 atom stereocenters. The lowest BCUT2D eigenvalue weighted by atomic mass is 10.0. The third kappa shape index (κ3) is 3.32. The van der Waals surface area contributed by atoms with Crippen LogP contribution in [0.4, 0.5) is 0 Å². The highest BCUT2D eigenvalue weighted by Crippen LogP contribution is 2.17. The summed E-state index contributed by atoms with van der Waals surface area (Å²) in [6.45, 7) is 5.98. The SMILES string of the molecule is COC(=O)c1c(C)cccc1C(=O)OCC(C)C. The maximum absolute atomic E-state index is 11.9. The van der Waals surface area contributed by atoms with Gasteiger partial charge in [-0.25, -0.2) is 9.59 Å². The van der Waals surface area contributed by atoms with Gasteiger partial charge >= 0.3 is 11.9 Å². The Morgan fingerprint density at radius 3 is 2.44 bits per heavy atom. The van der Waals surface area contributed by atoms with Crippen molar-refractivity contribution in [1.29, 1.82) is 0 Å². The molecule has 0 aromatic heterocycles. The van der Waals surface area contributed by atoms with Crippen LogP contribution in [0.25, 0.3) is 0 Å². The van der Waals surface area contributed by atoms with Gasteiger partial charge in [-0.3, -0.25) is 0 Å². The van der Waals surface area contributed by atoms with Crippen LogP contribution in [0.1, 0.15) is 40.1 Å². The first-order valence-electron chi connectivity index (χ1n) is 5.82. The molecule has 98 valence electrons. The second kappa shape index (κ2) is 6.19. The van der Waals surface area contributed by atoms with Crippen LogP contribution >= 0.6 is 0 Å². The van der Waals surface area contributed by atoms with Gasteiger partial charge in [0.1, 0.15) is 0 Å². The van der Waals surface area contributed by atoms with Gasteiger partial charge in [0.2, 0.25) is 0 Å². The Hall–Kier alpha value is -1.84. The van der Waals surface area contributed by atoms with Crippen LogP contribution in [0, 0.1) is 12.8 Å². The fourth-order valence-corrected chi connectivity index (χ4v) is 1.53. The molecule has 4 heteroatoms. The van der Waals surface area contributed by atoms with Gasteiger partial charge in [-0.05, 0) is 24.5 Å². The Balaban J connectivity index is 3.04. The number of esters is 2. The topological polar surface area (TPSA) is 52.6 Å². The highest BCUT2D eigenvalue weighted by molar-refractivity contribution is 6.04. The minimum atomic E-state index is -0.524. The number of carbonyl (C=O) groups excluding carboxylic acids is 2. The Morgan fingerprint density at radius 2 is 1.89 bits per heavy atom. The zero-order valence-electron chi connectivity index (χ0n) is 11.1. The minimum Gasteiger partial charge on any atom is -0.465 e. The molecule has 0 amide bonds. The van der Waals surface area contributed by atoms with E-state index >= 15 is 0 Å². The molecule has 4 nitrogen and oxygen atoms in total. The summed E-state index contributed by atoms with van der Waals surface area (Å²) in [4.78, 5) is 23.6. The lowest BCUT2D eigenvalue weighted by Gasteiger charge is -2.11. The molecule has 0 aliphatic heterocycles. The van der Waals surface area contributed by atoms with Crippen molar-refractivity contribution in [2.45, 2.75) is 20.8 Å². The maximum Gasteiger partial charge on any atom is 0.339 e. The van der Waals surface area contributed by atoms with Crippen molar-refractivity contribution in [1.82, 2.24) is 0 Å². The summed E-state index contributed by atoms with van der Waals surface area (Å²) in [5, 5.41) is 0. The van der Waals surface area contributed by atoms with Crippen molar-refractivity contribution in [3.63, 3.8) is 0 Å². The molecule has 0 aliphatic rings. The Labute approximate surface area is 107 Å². The van der Waals surface area contributed by atoms with E-state index in [-0.39, 0.29) is 17.0 Å². The standard InChI is InChI=1S/C14H18O4/c1-9(2)8-18-13(15)11-7-5-6-10(3)12(11)14(16)17-4/h5-7,9H,8H2,1-4H3. The predicted octanol–water partition coefficient (Wildman–Crippen LogP) is 2.59. The van der Waals surface area contributed by atoms with Gasteiger partial charge in [-0.15, -0.1) is 0 Å². The van der Waals surface area contributed by atoms with E-state index in [9.17, 15) is 9.59 Å². The van der Waals surface area contributed by atoms with Crippen molar-refractivity contribution in [3.8, 4) is 0 Å². The first-order valence-corrected chi connectivity index (χ1v) is 5.82. The van der Waals surface area contributed by atoms with E-state index in [1.807, 2.05) is 13.8 Å². The lowest BCUT2D eigenvalue weighted by Crippen LogP contribution is -2.16. The van der Waals surface area contributed by atoms with E-state index in [4.69, 9.17) is 4.74 Å². The fourth-order valence-electron chi connectivity index (χ4n) is 1.53. The number of aryl methyl sites for hydroxylation is 1. The zero-order chi connectivity index (χ0) is 13.7. The average Bonchev–Trinajstić information content (AvgIpc) is 2.34. The monoisotopic (exact) mass is 250 g/mol. The van der Waals surface area contributed by atoms with Crippen LogP contribution in [0.15, 0.2) is 18.2 Å². The van der Waals surface area contributed by atoms with Gasteiger partial charge in [0, 0.05) is 0 Å². The highest BCUT2D eigenvalue weighted by atomic mass is 16.5. The molecule has 0 heterocycles. The molecule has 18 heavy (non-hydrogen) atoms. The predicted molar refractivity (Wildman–Crippen MR) is 67.6 cm³/mol. The second-order valence-corrected chi connectivity index (χ2v) is 4.48. The lowest BCUT2D eigenvalue weighted by molar-refractivity contribution is 0.0445. The van der Waals surface area contributed by atoms with Crippen molar-refractivity contribution >= 4 is 11.9 Å². The molecule has 0 saturated carbocycles. The molecule has 0 N–H and O–H groups in total. The van der Waals surface area contributed by atoms with Crippen LogP contribution in [0.2, 0.25) is 0 Å². The molecule has 0 bridgehead atoms. The van der Waals surface area contributed by atoms with Crippen molar-refractivity contribution < 1.29 is 19.1 Å². The van der Waals surface area contributed by atoms with Gasteiger partial charge in [0.25, 0.3) is 0 Å². The van der Waals surface area contributed by atoms with Crippen LogP contribution in [-0.4, -0.2) is 25.7 Å². The van der Waals surface area contributed by atoms with Gasteiger partial charge in [-0.1, -0.05) is 26.0 Å². The van der Waals surface area contributed by atoms with Crippen molar-refractivity contribution in [2.24, 2.45) is 5.92 Å². The van der Waals surface area contributed by atoms with E-state index in [0.29, 0.717) is 12.2 Å². The summed E-state index contributed by atoms with van der Waals surface area (Å²) in [7, 11) is 1.29. The number of hydrogen-bond donors (Lipinski definition) is 0. The number of benzene rings is 1. The van der Waals surface area contributed by atoms with Crippen LogP contribution in [0.3, 0.4) is 0 Å². The van der Waals surface area contributed by atoms with Gasteiger partial charge in [0.05, 0.1) is 24.8 Å². The maximum atomic E-state index is 11.9. The van der Waals surface area contributed by atoms with E-state index in [1.54, 1.807) is 25.1 Å². The summed E-state index contributed by atoms with van der Waals surface area (Å²) in [6, 6.07) is 5.04. The third-order valence-corrected chi connectivity index (χ3v) is 2.43. The molecule has 0 fully saturated rings. The summed E-state index contributed by atoms with van der Waals surface area (Å²) < 4.78 is 9.82. The Kier molecular flexibility index (Phi) is 4.89. The third-order valence-electron chi connectivity index (χ3n) is 2.43. The molecule has 0 spiro atoms. The van der Waals surface area contributed by atoms with E-state index < -0.39 is 11.9 Å². The summed E-state index contributed by atoms with van der Waals surface area (Å²) >= 11 is 0. The normalized spacial score (nSPS) is 10.3. The second-order valence-electron chi connectivity index (χ2n) is 4.48. The van der Waals surface area contributed by atoms with E-state index in [1.165, 1.54) is 7.11 Å². The molecule has 0 radical (unpaired) electrons. The summed E-state index contributed by atoms with van der Waals surface area (Å²) in [5.41, 5.74) is 1.22. The number of carbonyl (C=O) groups is 2. The first-order chi connectivity index (χ1) is 8.47. The molecule has 1 aromatic carbocycles. The fraction of sp³-hybridized carbons (Fsp3) is 0.429. The number of hydrogen-bond acceptors (Lipinski definition) is 4. The van der Waals surface area contributed by atoms with E-state index in [2.05, 4.69) is 4.74 Å². The Morgan fingerprint density at radius 1 is 1.22 bits per heavy atom. The van der Waals surface area contributed by atoms with Gasteiger partial charge in [-0.2, -0.15) is 0 Å². The molecule has 0 saturated heterocycles. The van der Waals surface area contributed by atoms with Crippen molar-refractivity contribution in [3.05, 3.63) is 34.9 Å². The molecule has 0 unspecified atom stereocenters. The number of ether oxygens (including phenoxy) is 2. The van der Waals surface area contributed by atoms with Gasteiger partial charge < -0.3 is 9.47 Å². The van der Waals surface area contributed by atoms with Crippen LogP contribution < -0.4 is 0 Å². The highest BCUT2D eigenvalue weighted by Gasteiger charge is 2.20. The van der Waals surface area contributed by atoms with Crippen molar-refractivity contribution in [2.75, 3.05) is 13.7 Å². The molecule has 1 rings (SSSR count). The van der Waals surface area contributed by atoms with Gasteiger partial charge in [0.15, 0.2) is 0 Å².